The number of hydrogen-bond donors (Lipinski definition) is 1. The SMILES string of the molecule is COC(=O)Cc1ccc(Nc2ncc3ccc(-c4cnc5c(c4C)N(C(=O)OC(C)(C)C)CCO5)cc3n2)cc1F. The van der Waals surface area contributed by atoms with Crippen molar-refractivity contribution >= 4 is 40.3 Å². The average Bonchev–Trinajstić information content (AvgIpc) is 2.93. The summed E-state index contributed by atoms with van der Waals surface area (Å²) in [6.45, 7) is 8.05. The molecule has 0 spiro atoms. The number of rotatable bonds is 5. The van der Waals surface area contributed by atoms with E-state index < -0.39 is 23.5 Å². The topological polar surface area (TPSA) is 116 Å². The van der Waals surface area contributed by atoms with Crippen LogP contribution in [0.3, 0.4) is 0 Å². The molecule has 0 radical (unpaired) electrons. The van der Waals surface area contributed by atoms with Gasteiger partial charge >= 0.3 is 12.1 Å². The maximum Gasteiger partial charge on any atom is 0.415 e. The molecule has 3 heterocycles. The number of esters is 1. The largest absolute Gasteiger partial charge is 0.474 e. The van der Waals surface area contributed by atoms with Crippen LogP contribution < -0.4 is 15.0 Å². The first-order valence-electron chi connectivity index (χ1n) is 13.0. The quantitative estimate of drug-likeness (QED) is 0.306. The summed E-state index contributed by atoms with van der Waals surface area (Å²) in [5.41, 5.74) is 3.71. The van der Waals surface area contributed by atoms with Crippen molar-refractivity contribution in [1.82, 2.24) is 15.0 Å². The number of nitrogens with one attached hydrogen (secondary N) is 1. The van der Waals surface area contributed by atoms with Crippen LogP contribution in [0.25, 0.3) is 22.0 Å². The number of carbonyl (C=O) groups excluding carboxylic acids is 2. The highest BCUT2D eigenvalue weighted by atomic mass is 19.1. The maximum absolute atomic E-state index is 14.5. The highest BCUT2D eigenvalue weighted by molar-refractivity contribution is 5.94. The molecule has 4 aromatic rings. The summed E-state index contributed by atoms with van der Waals surface area (Å²) in [7, 11) is 1.26. The third-order valence-electron chi connectivity index (χ3n) is 6.48. The number of hydrogen-bond acceptors (Lipinski definition) is 9. The van der Waals surface area contributed by atoms with Gasteiger partial charge in [-0.25, -0.2) is 24.1 Å². The summed E-state index contributed by atoms with van der Waals surface area (Å²) in [6, 6.07) is 10.2. The van der Waals surface area contributed by atoms with E-state index in [2.05, 4.69) is 25.0 Å². The van der Waals surface area contributed by atoms with Crippen molar-refractivity contribution in [2.24, 2.45) is 0 Å². The third kappa shape index (κ3) is 6.03. The fourth-order valence-electron chi connectivity index (χ4n) is 4.50. The summed E-state index contributed by atoms with van der Waals surface area (Å²) >= 11 is 0. The number of ether oxygens (including phenoxy) is 3. The summed E-state index contributed by atoms with van der Waals surface area (Å²) in [4.78, 5) is 39.5. The average molecular weight is 560 g/mol. The molecule has 1 N–H and O–H groups in total. The summed E-state index contributed by atoms with van der Waals surface area (Å²) < 4.78 is 30.5. The zero-order chi connectivity index (χ0) is 29.3. The van der Waals surface area contributed by atoms with Crippen LogP contribution in [0.15, 0.2) is 48.8 Å². The molecule has 0 fully saturated rings. The molecule has 2 aromatic carbocycles. The van der Waals surface area contributed by atoms with Crippen LogP contribution in [0.1, 0.15) is 31.9 Å². The molecule has 0 aliphatic carbocycles. The summed E-state index contributed by atoms with van der Waals surface area (Å²) in [5, 5.41) is 3.82. The van der Waals surface area contributed by atoms with E-state index in [0.717, 1.165) is 22.1 Å². The summed E-state index contributed by atoms with van der Waals surface area (Å²) in [6.07, 6.45) is 2.77. The normalized spacial score (nSPS) is 12.9. The number of fused-ring (bicyclic) bond motifs is 2. The lowest BCUT2D eigenvalue weighted by atomic mass is 9.99. The van der Waals surface area contributed by atoms with E-state index in [1.807, 2.05) is 45.9 Å². The molecule has 0 bridgehead atoms. The predicted octanol–water partition coefficient (Wildman–Crippen LogP) is 5.73. The number of pyridine rings is 1. The van der Waals surface area contributed by atoms with Gasteiger partial charge in [-0.3, -0.25) is 9.69 Å². The second-order valence-electron chi connectivity index (χ2n) is 10.6. The first-order valence-corrected chi connectivity index (χ1v) is 13.0. The van der Waals surface area contributed by atoms with Crippen LogP contribution in [-0.4, -0.2) is 52.9 Å². The molecule has 0 atom stereocenters. The number of anilines is 3. The van der Waals surface area contributed by atoms with Crippen molar-refractivity contribution < 1.29 is 28.2 Å². The van der Waals surface area contributed by atoms with E-state index >= 15 is 0 Å². The minimum atomic E-state index is -0.644. The Morgan fingerprint density at radius 3 is 2.66 bits per heavy atom. The first-order chi connectivity index (χ1) is 19.5. The van der Waals surface area contributed by atoms with Gasteiger partial charge in [-0.15, -0.1) is 0 Å². The standard InChI is InChI=1S/C30H30FN5O5/c1-17-22(16-32-27-26(17)36(10-11-40-27)29(38)41-30(2,3)4)18-6-7-20-15-33-28(35-24(20)12-18)34-21-9-8-19(23(31)14-21)13-25(37)39-5/h6-9,12,14-16H,10-11,13H2,1-5H3,(H,33,34,35). The Morgan fingerprint density at radius 2 is 1.93 bits per heavy atom. The van der Waals surface area contributed by atoms with Gasteiger partial charge in [0.1, 0.15) is 23.7 Å². The zero-order valence-electron chi connectivity index (χ0n) is 23.4. The van der Waals surface area contributed by atoms with Crippen molar-refractivity contribution in [2.45, 2.75) is 39.7 Å². The Morgan fingerprint density at radius 1 is 1.12 bits per heavy atom. The highest BCUT2D eigenvalue weighted by Crippen LogP contribution is 2.39. The van der Waals surface area contributed by atoms with Gasteiger partial charge in [-0.05, 0) is 62.6 Å². The van der Waals surface area contributed by atoms with Gasteiger partial charge in [0, 0.05) is 29.0 Å². The molecule has 5 rings (SSSR count). The number of amides is 1. The molecule has 1 aliphatic heterocycles. The third-order valence-corrected chi connectivity index (χ3v) is 6.48. The smallest absolute Gasteiger partial charge is 0.415 e. The number of halogens is 1. The number of nitrogens with zero attached hydrogens (tertiary/aromatic N) is 4. The van der Waals surface area contributed by atoms with E-state index in [-0.39, 0.29) is 17.9 Å². The number of benzene rings is 2. The Balaban J connectivity index is 1.44. The Kier molecular flexibility index (Phi) is 7.44. The van der Waals surface area contributed by atoms with Crippen LogP contribution in [0.5, 0.6) is 5.88 Å². The molecule has 10 nitrogen and oxygen atoms in total. The molecule has 0 saturated heterocycles. The lowest BCUT2D eigenvalue weighted by molar-refractivity contribution is -0.139. The van der Waals surface area contributed by atoms with Gasteiger partial charge in [0.15, 0.2) is 0 Å². The lowest BCUT2D eigenvalue weighted by Gasteiger charge is -2.32. The molecule has 11 heteroatoms. The molecule has 2 aromatic heterocycles. The molecule has 41 heavy (non-hydrogen) atoms. The van der Waals surface area contributed by atoms with Crippen molar-refractivity contribution in [2.75, 3.05) is 30.5 Å². The minimum Gasteiger partial charge on any atom is -0.474 e. The molecular weight excluding hydrogens is 529 g/mol. The Labute approximate surface area is 236 Å². The van der Waals surface area contributed by atoms with Gasteiger partial charge in [0.25, 0.3) is 0 Å². The van der Waals surface area contributed by atoms with Crippen LogP contribution in [0, 0.1) is 12.7 Å². The molecular formula is C30H30FN5O5. The Hall–Kier alpha value is -4.80. The first kappa shape index (κ1) is 27.8. The summed E-state index contributed by atoms with van der Waals surface area (Å²) in [5.74, 6) is -0.404. The van der Waals surface area contributed by atoms with Gasteiger partial charge in [-0.2, -0.15) is 0 Å². The monoisotopic (exact) mass is 559 g/mol. The fraction of sp³-hybridized carbons (Fsp3) is 0.300. The van der Waals surface area contributed by atoms with Crippen molar-refractivity contribution in [3.8, 4) is 17.0 Å². The van der Waals surface area contributed by atoms with E-state index in [0.29, 0.717) is 35.9 Å². The van der Waals surface area contributed by atoms with Gasteiger partial charge in [0.05, 0.1) is 25.6 Å². The molecule has 1 amide bonds. The van der Waals surface area contributed by atoms with Crippen molar-refractivity contribution in [1.29, 1.82) is 0 Å². The number of methoxy groups -OCH3 is 1. The number of aromatic nitrogens is 3. The lowest BCUT2D eigenvalue weighted by Crippen LogP contribution is -2.42. The van der Waals surface area contributed by atoms with Crippen LogP contribution in [0.4, 0.5) is 26.5 Å². The maximum atomic E-state index is 14.5. The van der Waals surface area contributed by atoms with Crippen molar-refractivity contribution in [3.05, 3.63) is 65.7 Å². The predicted molar refractivity (Wildman–Crippen MR) is 152 cm³/mol. The van der Waals surface area contributed by atoms with Crippen LogP contribution >= 0.6 is 0 Å². The molecule has 0 unspecified atom stereocenters. The second-order valence-corrected chi connectivity index (χ2v) is 10.6. The van der Waals surface area contributed by atoms with Gasteiger partial charge in [0.2, 0.25) is 11.8 Å². The second kappa shape index (κ2) is 11.0. The van der Waals surface area contributed by atoms with E-state index in [1.54, 1.807) is 23.4 Å². The van der Waals surface area contributed by atoms with Crippen LogP contribution in [0.2, 0.25) is 0 Å². The Bertz CT molecular complexity index is 1650. The van der Waals surface area contributed by atoms with E-state index in [1.165, 1.54) is 19.2 Å². The van der Waals surface area contributed by atoms with E-state index in [4.69, 9.17) is 9.47 Å². The molecule has 1 aliphatic rings. The minimum absolute atomic E-state index is 0.156. The van der Waals surface area contributed by atoms with Gasteiger partial charge in [-0.1, -0.05) is 18.2 Å². The highest BCUT2D eigenvalue weighted by Gasteiger charge is 2.31. The number of carbonyl (C=O) groups is 2. The molecule has 212 valence electrons. The van der Waals surface area contributed by atoms with Crippen LogP contribution in [-0.2, 0) is 20.7 Å². The molecule has 0 saturated carbocycles. The fourth-order valence-corrected chi connectivity index (χ4v) is 4.50. The van der Waals surface area contributed by atoms with Gasteiger partial charge < -0.3 is 19.5 Å². The van der Waals surface area contributed by atoms with Crippen molar-refractivity contribution in [3.63, 3.8) is 0 Å². The van der Waals surface area contributed by atoms with E-state index in [9.17, 15) is 14.0 Å². The zero-order valence-corrected chi connectivity index (χ0v) is 23.4.